The zero-order valence-electron chi connectivity index (χ0n) is 14.5. The van der Waals surface area contributed by atoms with Gasteiger partial charge in [-0.1, -0.05) is 46.5 Å². The highest BCUT2D eigenvalue weighted by atomic mass is 127. The molecule has 1 N–H and O–H groups in total. The topological polar surface area (TPSA) is 90.3 Å². The van der Waals surface area contributed by atoms with Crippen LogP contribution >= 0.6 is 34.4 Å². The third-order valence-corrected chi connectivity index (χ3v) is 5.05. The molecule has 26 heavy (non-hydrogen) atoms. The maximum absolute atomic E-state index is 12.5. The molecule has 0 aliphatic carbocycles. The molecule has 7 nitrogen and oxygen atoms in total. The molecule has 0 aliphatic rings. The third kappa shape index (κ3) is 4.85. The third-order valence-electron chi connectivity index (χ3n) is 3.50. The summed E-state index contributed by atoms with van der Waals surface area (Å²) in [7, 11) is 1.27. The van der Waals surface area contributed by atoms with E-state index in [0.717, 1.165) is 9.99 Å². The number of thioether (sulfide) groups is 1. The number of esters is 1. The van der Waals surface area contributed by atoms with Crippen LogP contribution in [0.4, 0.5) is 5.69 Å². The second kappa shape index (κ2) is 9.17. The van der Waals surface area contributed by atoms with E-state index in [9.17, 15) is 14.4 Å². The first-order valence-electron chi connectivity index (χ1n) is 7.59. The van der Waals surface area contributed by atoms with Gasteiger partial charge in [0.15, 0.2) is 5.16 Å². The molecular weight excluding hydrogens is 469 g/mol. The lowest BCUT2D eigenvalue weighted by molar-refractivity contribution is -0.141. The van der Waals surface area contributed by atoms with E-state index in [1.165, 1.54) is 36.4 Å². The Morgan fingerprint density at radius 2 is 2.08 bits per heavy atom. The number of ether oxygens (including phenoxy) is 1. The minimum Gasteiger partial charge on any atom is -0.468 e. The van der Waals surface area contributed by atoms with Crippen LogP contribution in [0.3, 0.4) is 0 Å². The fourth-order valence-electron chi connectivity index (χ4n) is 2.31. The summed E-state index contributed by atoms with van der Waals surface area (Å²) in [5.41, 5.74) is 2.35. The molecule has 0 spiro atoms. The molecule has 0 saturated carbocycles. The van der Waals surface area contributed by atoms with Gasteiger partial charge in [-0.25, -0.2) is 4.98 Å². The highest BCUT2D eigenvalue weighted by Gasteiger charge is 2.15. The number of hydrogen-bond acceptors (Lipinski definition) is 6. The summed E-state index contributed by atoms with van der Waals surface area (Å²) in [5, 5.41) is 3.18. The Kier molecular flexibility index (Phi) is 7.21. The number of nitrogens with zero attached hydrogens (tertiary/aromatic N) is 2. The molecular formula is C17H18IN3O4S. The molecule has 0 aliphatic heterocycles. The van der Waals surface area contributed by atoms with E-state index in [1.54, 1.807) is 6.26 Å². The minimum absolute atomic E-state index is 0.203. The Morgan fingerprint density at radius 1 is 1.35 bits per heavy atom. The second-order valence-corrected chi connectivity index (χ2v) is 6.86. The summed E-state index contributed by atoms with van der Waals surface area (Å²) in [6, 6.07) is 6.97. The lowest BCUT2D eigenvalue weighted by atomic mass is 10.1. The van der Waals surface area contributed by atoms with Crippen molar-refractivity contribution in [3.63, 3.8) is 0 Å². The van der Waals surface area contributed by atoms with E-state index in [1.807, 2.05) is 18.2 Å². The molecule has 0 bridgehead atoms. The number of carbonyl (C=O) groups excluding carboxylic acids is 2. The van der Waals surface area contributed by atoms with Gasteiger partial charge in [-0.15, -0.1) is 0 Å². The van der Waals surface area contributed by atoms with Crippen molar-refractivity contribution < 1.29 is 14.3 Å². The lowest BCUT2D eigenvalue weighted by Crippen LogP contribution is -2.27. The molecule has 0 unspecified atom stereocenters. The van der Waals surface area contributed by atoms with Crippen molar-refractivity contribution in [2.45, 2.75) is 23.1 Å². The number of methoxy groups -OCH3 is 1. The van der Waals surface area contributed by atoms with Gasteiger partial charge in [-0.3, -0.25) is 19.0 Å². The van der Waals surface area contributed by atoms with Crippen molar-refractivity contribution in [2.75, 3.05) is 18.7 Å². The predicted molar refractivity (Wildman–Crippen MR) is 110 cm³/mol. The molecule has 2 rings (SSSR count). The number of aromatic nitrogens is 2. The number of nitrogens with one attached hydrogen (secondary N) is 1. The molecule has 1 aromatic heterocycles. The van der Waals surface area contributed by atoms with Crippen LogP contribution < -0.4 is 10.9 Å². The van der Waals surface area contributed by atoms with E-state index in [2.05, 4.69) is 37.6 Å². The molecule has 1 heterocycles. The first-order chi connectivity index (χ1) is 12.4. The van der Waals surface area contributed by atoms with Gasteiger partial charge in [0.25, 0.3) is 5.56 Å². The second-order valence-electron chi connectivity index (χ2n) is 5.32. The van der Waals surface area contributed by atoms with Gasteiger partial charge in [-0.05, 0) is 17.9 Å². The Balaban J connectivity index is 2.58. The number of halogens is 1. The molecule has 1 aromatic carbocycles. The fourth-order valence-corrected chi connectivity index (χ4v) is 3.35. The van der Waals surface area contributed by atoms with Crippen LogP contribution in [0.15, 0.2) is 34.2 Å². The smallest absolute Gasteiger partial charge is 0.325 e. The van der Waals surface area contributed by atoms with E-state index >= 15 is 0 Å². The van der Waals surface area contributed by atoms with Crippen molar-refractivity contribution >= 4 is 51.9 Å². The highest BCUT2D eigenvalue weighted by molar-refractivity contribution is 14.1. The van der Waals surface area contributed by atoms with Gasteiger partial charge in [-0.2, -0.15) is 0 Å². The number of anilines is 1. The Bertz CT molecular complexity index is 898. The Hall–Kier alpha value is -1.88. The molecule has 1 amide bonds. The van der Waals surface area contributed by atoms with Gasteiger partial charge >= 0.3 is 5.97 Å². The number of benzene rings is 1. The SMILES string of the molecule is COC(=O)Cn1c(SC)nc(-c2ccc(CI)cc2NC(C)=O)cc1=O. The van der Waals surface area contributed by atoms with Crippen LogP contribution in [0.1, 0.15) is 12.5 Å². The van der Waals surface area contributed by atoms with E-state index in [4.69, 9.17) is 0 Å². The quantitative estimate of drug-likeness (QED) is 0.222. The fraction of sp³-hybridized carbons (Fsp3) is 0.294. The standard InChI is InChI=1S/C17H18IN3O4S/c1-10(22)19-13-6-11(8-18)4-5-12(13)14-7-15(23)21(9-16(24)25-2)17(20-14)26-3/h4-7H,8-9H2,1-3H3,(H,19,22). The minimum atomic E-state index is -0.526. The van der Waals surface area contributed by atoms with Gasteiger partial charge in [0.05, 0.1) is 18.5 Å². The molecule has 138 valence electrons. The summed E-state index contributed by atoms with van der Waals surface area (Å²) < 4.78 is 6.68. The first-order valence-corrected chi connectivity index (χ1v) is 10.3. The molecule has 9 heteroatoms. The van der Waals surface area contributed by atoms with E-state index in [0.29, 0.717) is 22.1 Å². The zero-order valence-corrected chi connectivity index (χ0v) is 17.5. The monoisotopic (exact) mass is 487 g/mol. The van der Waals surface area contributed by atoms with E-state index < -0.39 is 5.97 Å². The van der Waals surface area contributed by atoms with Gasteiger partial charge in [0, 0.05) is 23.0 Å². The summed E-state index contributed by atoms with van der Waals surface area (Å²) in [6.45, 7) is 1.22. The lowest BCUT2D eigenvalue weighted by Gasteiger charge is -2.14. The number of alkyl halides is 1. The number of hydrogen-bond donors (Lipinski definition) is 1. The molecule has 0 atom stereocenters. The summed E-state index contributed by atoms with van der Waals surface area (Å²) in [6.07, 6.45) is 1.77. The summed E-state index contributed by atoms with van der Waals surface area (Å²) >= 11 is 3.49. The van der Waals surface area contributed by atoms with Gasteiger partial charge in [0.2, 0.25) is 5.91 Å². The Labute approximate surface area is 168 Å². The molecule has 0 saturated heterocycles. The van der Waals surface area contributed by atoms with Crippen LogP contribution in [-0.4, -0.2) is 34.8 Å². The van der Waals surface area contributed by atoms with Crippen molar-refractivity contribution in [1.29, 1.82) is 0 Å². The number of rotatable bonds is 6. The van der Waals surface area contributed by atoms with Crippen molar-refractivity contribution in [3.05, 3.63) is 40.2 Å². The molecule has 0 radical (unpaired) electrons. The van der Waals surface area contributed by atoms with Gasteiger partial charge < -0.3 is 10.1 Å². The molecule has 2 aromatic rings. The van der Waals surface area contributed by atoms with Crippen LogP contribution in [-0.2, 0) is 25.3 Å². The van der Waals surface area contributed by atoms with Crippen molar-refractivity contribution in [3.8, 4) is 11.3 Å². The first kappa shape index (κ1) is 20.4. The number of amides is 1. The zero-order chi connectivity index (χ0) is 19.3. The maximum Gasteiger partial charge on any atom is 0.325 e. The van der Waals surface area contributed by atoms with Crippen LogP contribution in [0.25, 0.3) is 11.3 Å². The molecule has 0 fully saturated rings. The maximum atomic E-state index is 12.5. The average Bonchev–Trinajstić information content (AvgIpc) is 2.62. The summed E-state index contributed by atoms with van der Waals surface area (Å²) in [5.74, 6) is -0.733. The average molecular weight is 487 g/mol. The largest absolute Gasteiger partial charge is 0.468 e. The normalized spacial score (nSPS) is 10.5. The highest BCUT2D eigenvalue weighted by Crippen LogP contribution is 2.29. The van der Waals surface area contributed by atoms with Crippen LogP contribution in [0.2, 0.25) is 0 Å². The van der Waals surface area contributed by atoms with Gasteiger partial charge in [0.1, 0.15) is 6.54 Å². The Morgan fingerprint density at radius 3 is 2.65 bits per heavy atom. The van der Waals surface area contributed by atoms with Crippen molar-refractivity contribution in [1.82, 2.24) is 9.55 Å². The number of carbonyl (C=O) groups is 2. The predicted octanol–water partition coefficient (Wildman–Crippen LogP) is 2.70. The van der Waals surface area contributed by atoms with Crippen LogP contribution in [0.5, 0.6) is 0 Å². The van der Waals surface area contributed by atoms with E-state index in [-0.39, 0.29) is 18.0 Å². The summed E-state index contributed by atoms with van der Waals surface area (Å²) in [4.78, 5) is 40.1. The van der Waals surface area contributed by atoms with Crippen molar-refractivity contribution in [2.24, 2.45) is 0 Å². The van der Waals surface area contributed by atoms with Crippen LogP contribution in [0, 0.1) is 0 Å².